The Hall–Kier alpha value is -0.870. The lowest BCUT2D eigenvalue weighted by atomic mass is 10.00. The highest BCUT2D eigenvalue weighted by Crippen LogP contribution is 2.19. The zero-order valence-electron chi connectivity index (χ0n) is 11.2. The Morgan fingerprint density at radius 3 is 2.65 bits per heavy atom. The van der Waals surface area contributed by atoms with Crippen molar-refractivity contribution in [2.75, 3.05) is 6.54 Å². The van der Waals surface area contributed by atoms with Gasteiger partial charge in [-0.05, 0) is 38.7 Å². The second kappa shape index (κ2) is 5.65. The molecule has 1 aliphatic rings. The van der Waals surface area contributed by atoms with Crippen LogP contribution in [0.4, 0.5) is 0 Å². The summed E-state index contributed by atoms with van der Waals surface area (Å²) < 4.78 is 1.86. The Bertz CT molecular complexity index is 337. The fourth-order valence-electron chi connectivity index (χ4n) is 2.66. The summed E-state index contributed by atoms with van der Waals surface area (Å²) in [5.74, 6) is 0. The molecular weight excluding hydrogens is 212 g/mol. The van der Waals surface area contributed by atoms with Gasteiger partial charge in [0.1, 0.15) is 0 Å². The van der Waals surface area contributed by atoms with Gasteiger partial charge in [-0.2, -0.15) is 5.10 Å². The van der Waals surface area contributed by atoms with Crippen LogP contribution in [-0.4, -0.2) is 33.4 Å². The second-order valence-electron chi connectivity index (χ2n) is 5.22. The van der Waals surface area contributed by atoms with Gasteiger partial charge in [0.15, 0.2) is 0 Å². The number of nitrogens with zero attached hydrogens (tertiary/aromatic N) is 3. The minimum atomic E-state index is 0.660. The standard InChI is InChI=1S/C13H24N4/c1-11-5-4-6-12(2)17(11)14-8-7-13-9-15-16(3)10-13/h9-12,14H,4-8H2,1-3H3. The third-order valence-corrected chi connectivity index (χ3v) is 3.66. The molecule has 1 aliphatic heterocycles. The number of piperidine rings is 1. The molecule has 0 aliphatic carbocycles. The fraction of sp³-hybridized carbons (Fsp3) is 0.769. The Balaban J connectivity index is 1.77. The molecule has 1 aromatic rings. The molecule has 17 heavy (non-hydrogen) atoms. The molecule has 0 radical (unpaired) electrons. The SMILES string of the molecule is CC1CCCC(C)N1NCCc1cnn(C)c1. The Morgan fingerprint density at radius 1 is 1.35 bits per heavy atom. The van der Waals surface area contributed by atoms with Crippen molar-refractivity contribution in [3.8, 4) is 0 Å². The quantitative estimate of drug-likeness (QED) is 0.864. The minimum absolute atomic E-state index is 0.660. The van der Waals surface area contributed by atoms with Crippen LogP contribution >= 0.6 is 0 Å². The molecule has 2 atom stereocenters. The molecule has 0 spiro atoms. The average molecular weight is 236 g/mol. The molecule has 1 aromatic heterocycles. The molecule has 2 unspecified atom stereocenters. The highest BCUT2D eigenvalue weighted by molar-refractivity contribution is 5.03. The van der Waals surface area contributed by atoms with Crippen LogP contribution in [0.3, 0.4) is 0 Å². The van der Waals surface area contributed by atoms with Crippen molar-refractivity contribution in [3.63, 3.8) is 0 Å². The van der Waals surface area contributed by atoms with E-state index in [4.69, 9.17) is 0 Å². The first-order valence-electron chi connectivity index (χ1n) is 6.66. The van der Waals surface area contributed by atoms with Gasteiger partial charge in [-0.3, -0.25) is 10.1 Å². The van der Waals surface area contributed by atoms with Crippen LogP contribution < -0.4 is 5.43 Å². The first-order valence-corrected chi connectivity index (χ1v) is 6.66. The number of hydrazine groups is 1. The predicted octanol–water partition coefficient (Wildman–Crippen LogP) is 1.73. The highest BCUT2D eigenvalue weighted by atomic mass is 15.5. The summed E-state index contributed by atoms with van der Waals surface area (Å²) in [6.07, 6.45) is 9.07. The normalized spacial score (nSPS) is 26.3. The summed E-state index contributed by atoms with van der Waals surface area (Å²) >= 11 is 0. The van der Waals surface area contributed by atoms with Gasteiger partial charge in [0, 0.05) is 31.9 Å². The van der Waals surface area contributed by atoms with Gasteiger partial charge in [-0.15, -0.1) is 0 Å². The molecule has 4 heteroatoms. The molecular formula is C13H24N4. The maximum atomic E-state index is 4.19. The maximum Gasteiger partial charge on any atom is 0.0522 e. The number of hydrogen-bond acceptors (Lipinski definition) is 3. The molecule has 1 N–H and O–H groups in total. The molecule has 0 saturated carbocycles. The summed E-state index contributed by atoms with van der Waals surface area (Å²) in [5, 5.41) is 6.62. The van der Waals surface area contributed by atoms with E-state index in [1.54, 1.807) is 0 Å². The Morgan fingerprint density at radius 2 is 2.06 bits per heavy atom. The van der Waals surface area contributed by atoms with E-state index >= 15 is 0 Å². The van der Waals surface area contributed by atoms with Gasteiger partial charge in [0.05, 0.1) is 6.20 Å². The van der Waals surface area contributed by atoms with Crippen LogP contribution in [0.2, 0.25) is 0 Å². The summed E-state index contributed by atoms with van der Waals surface area (Å²) in [5.41, 5.74) is 4.88. The predicted molar refractivity (Wildman–Crippen MR) is 69.5 cm³/mol. The van der Waals surface area contributed by atoms with Crippen molar-refractivity contribution in [1.82, 2.24) is 20.2 Å². The molecule has 4 nitrogen and oxygen atoms in total. The molecule has 0 aromatic carbocycles. The van der Waals surface area contributed by atoms with Crippen molar-refractivity contribution in [2.24, 2.45) is 7.05 Å². The molecule has 1 fully saturated rings. The first-order chi connectivity index (χ1) is 8.16. The lowest BCUT2D eigenvalue weighted by Gasteiger charge is -2.39. The van der Waals surface area contributed by atoms with Crippen LogP contribution in [0.5, 0.6) is 0 Å². The van der Waals surface area contributed by atoms with Crippen molar-refractivity contribution >= 4 is 0 Å². The number of hydrogen-bond donors (Lipinski definition) is 1. The van der Waals surface area contributed by atoms with Gasteiger partial charge < -0.3 is 0 Å². The van der Waals surface area contributed by atoms with Gasteiger partial charge in [-0.1, -0.05) is 6.42 Å². The van der Waals surface area contributed by atoms with Gasteiger partial charge in [-0.25, -0.2) is 5.01 Å². The summed E-state index contributed by atoms with van der Waals surface area (Å²) in [7, 11) is 1.96. The van der Waals surface area contributed by atoms with Crippen molar-refractivity contribution in [2.45, 2.75) is 51.6 Å². The van der Waals surface area contributed by atoms with E-state index in [0.717, 1.165) is 13.0 Å². The Labute approximate surface area is 104 Å². The van der Waals surface area contributed by atoms with Crippen LogP contribution in [-0.2, 0) is 13.5 Å². The largest absolute Gasteiger partial charge is 0.276 e. The number of nitrogens with one attached hydrogen (secondary N) is 1. The molecule has 0 amide bonds. The topological polar surface area (TPSA) is 33.1 Å². The van der Waals surface area contributed by atoms with Gasteiger partial charge in [0.2, 0.25) is 0 Å². The zero-order chi connectivity index (χ0) is 12.3. The molecule has 96 valence electrons. The fourth-order valence-corrected chi connectivity index (χ4v) is 2.66. The van der Waals surface area contributed by atoms with E-state index in [1.807, 2.05) is 17.9 Å². The van der Waals surface area contributed by atoms with E-state index < -0.39 is 0 Å². The second-order valence-corrected chi connectivity index (χ2v) is 5.22. The van der Waals surface area contributed by atoms with Crippen LogP contribution in [0.1, 0.15) is 38.7 Å². The third-order valence-electron chi connectivity index (χ3n) is 3.66. The minimum Gasteiger partial charge on any atom is -0.276 e. The molecule has 2 rings (SSSR count). The van der Waals surface area contributed by atoms with Crippen LogP contribution in [0.15, 0.2) is 12.4 Å². The molecule has 1 saturated heterocycles. The van der Waals surface area contributed by atoms with Crippen LogP contribution in [0, 0.1) is 0 Å². The maximum absolute atomic E-state index is 4.19. The van der Waals surface area contributed by atoms with E-state index in [-0.39, 0.29) is 0 Å². The number of rotatable bonds is 4. The Kier molecular flexibility index (Phi) is 4.18. The lowest BCUT2D eigenvalue weighted by molar-refractivity contribution is 0.0470. The van der Waals surface area contributed by atoms with Crippen molar-refractivity contribution in [1.29, 1.82) is 0 Å². The smallest absolute Gasteiger partial charge is 0.0522 e. The summed E-state index contributed by atoms with van der Waals surface area (Å²) in [4.78, 5) is 0. The lowest BCUT2D eigenvalue weighted by Crippen LogP contribution is -2.52. The summed E-state index contributed by atoms with van der Waals surface area (Å²) in [6.45, 7) is 5.62. The van der Waals surface area contributed by atoms with Crippen molar-refractivity contribution in [3.05, 3.63) is 18.0 Å². The van der Waals surface area contributed by atoms with E-state index in [2.05, 4.69) is 35.6 Å². The van der Waals surface area contributed by atoms with E-state index in [0.29, 0.717) is 12.1 Å². The van der Waals surface area contributed by atoms with E-state index in [1.165, 1.54) is 24.8 Å². The van der Waals surface area contributed by atoms with Crippen molar-refractivity contribution < 1.29 is 0 Å². The van der Waals surface area contributed by atoms with E-state index in [9.17, 15) is 0 Å². The molecule has 2 heterocycles. The van der Waals surface area contributed by atoms with Crippen LogP contribution in [0.25, 0.3) is 0 Å². The first kappa shape index (κ1) is 12.6. The third kappa shape index (κ3) is 3.30. The number of aromatic nitrogens is 2. The summed E-state index contributed by atoms with van der Waals surface area (Å²) in [6, 6.07) is 1.32. The highest BCUT2D eigenvalue weighted by Gasteiger charge is 2.23. The average Bonchev–Trinajstić information content (AvgIpc) is 2.69. The van der Waals surface area contributed by atoms with Gasteiger partial charge in [0.25, 0.3) is 0 Å². The zero-order valence-corrected chi connectivity index (χ0v) is 11.2. The number of aryl methyl sites for hydroxylation is 1. The monoisotopic (exact) mass is 236 g/mol. The van der Waals surface area contributed by atoms with Gasteiger partial charge >= 0.3 is 0 Å². The molecule has 0 bridgehead atoms.